The van der Waals surface area contributed by atoms with Crippen molar-refractivity contribution in [3.05, 3.63) is 33.9 Å². The maximum Gasteiger partial charge on any atom is 0.341 e. The molecule has 0 spiro atoms. The second kappa shape index (κ2) is 8.43. The van der Waals surface area contributed by atoms with Gasteiger partial charge >= 0.3 is 5.97 Å². The monoisotopic (exact) mass is 353 g/mol. The van der Waals surface area contributed by atoms with E-state index in [4.69, 9.17) is 9.84 Å². The van der Waals surface area contributed by atoms with Crippen LogP contribution in [0.4, 0.5) is 11.4 Å². The Morgan fingerprint density at radius 3 is 2.52 bits per heavy atom. The van der Waals surface area contributed by atoms with Crippen molar-refractivity contribution >= 4 is 23.3 Å². The zero-order valence-corrected chi connectivity index (χ0v) is 14.7. The second-order valence-electron chi connectivity index (χ2n) is 6.42. The summed E-state index contributed by atoms with van der Waals surface area (Å²) < 4.78 is 5.12. The number of nitrogens with one attached hydrogen (secondary N) is 2. The van der Waals surface area contributed by atoms with Crippen LogP contribution in [0.2, 0.25) is 0 Å². The number of benzene rings is 1. The van der Waals surface area contributed by atoms with Gasteiger partial charge in [-0.05, 0) is 33.8 Å². The predicted octanol–water partition coefficient (Wildman–Crippen LogP) is 1.46. The van der Waals surface area contributed by atoms with Crippen LogP contribution in [0.1, 0.15) is 38.1 Å². The first-order chi connectivity index (χ1) is 11.5. The average Bonchev–Trinajstić information content (AvgIpc) is 2.50. The van der Waals surface area contributed by atoms with E-state index in [2.05, 4.69) is 10.6 Å². The van der Waals surface area contributed by atoms with Crippen LogP contribution in [0.15, 0.2) is 18.2 Å². The van der Waals surface area contributed by atoms with Gasteiger partial charge in [0.1, 0.15) is 0 Å². The zero-order valence-electron chi connectivity index (χ0n) is 14.7. The van der Waals surface area contributed by atoms with Crippen LogP contribution >= 0.6 is 0 Å². The highest BCUT2D eigenvalue weighted by Gasteiger charge is 2.25. The van der Waals surface area contributed by atoms with Crippen LogP contribution in [0.25, 0.3) is 0 Å². The van der Waals surface area contributed by atoms with E-state index in [0.717, 1.165) is 6.07 Å². The molecule has 0 saturated carbocycles. The number of rotatable bonds is 7. The van der Waals surface area contributed by atoms with Crippen LogP contribution in [-0.2, 0) is 9.53 Å². The molecule has 0 bridgehead atoms. The number of carbonyl (C=O) groups is 2. The molecule has 0 saturated heterocycles. The number of nitro benzene ring substituents is 1. The standard InChI is InChI=1S/C16H23N3O6/c1-10(14(21)18-16(2,3)4)25-15(22)12-9-11(19(23)24)5-6-13(12)17-7-8-20/h5-6,9-10,17,20H,7-8H2,1-4H3,(H,18,21)/t10-/m1/s1. The van der Waals surface area contributed by atoms with Gasteiger partial charge in [-0.25, -0.2) is 4.79 Å². The molecule has 25 heavy (non-hydrogen) atoms. The van der Waals surface area contributed by atoms with Gasteiger partial charge in [0, 0.05) is 29.9 Å². The number of ether oxygens (including phenoxy) is 1. The third-order valence-electron chi connectivity index (χ3n) is 3.01. The van der Waals surface area contributed by atoms with E-state index in [1.54, 1.807) is 20.8 Å². The molecule has 1 atom stereocenters. The lowest BCUT2D eigenvalue weighted by Crippen LogP contribution is -2.46. The number of amides is 1. The first-order valence-electron chi connectivity index (χ1n) is 7.71. The fourth-order valence-electron chi connectivity index (χ4n) is 1.91. The highest BCUT2D eigenvalue weighted by Crippen LogP contribution is 2.23. The van der Waals surface area contributed by atoms with Crippen LogP contribution < -0.4 is 10.6 Å². The summed E-state index contributed by atoms with van der Waals surface area (Å²) in [4.78, 5) is 34.6. The summed E-state index contributed by atoms with van der Waals surface area (Å²) in [5.41, 5.74) is -0.587. The minimum Gasteiger partial charge on any atom is -0.449 e. The van der Waals surface area contributed by atoms with Crippen molar-refractivity contribution in [2.75, 3.05) is 18.5 Å². The largest absolute Gasteiger partial charge is 0.449 e. The summed E-state index contributed by atoms with van der Waals surface area (Å²) in [7, 11) is 0. The van der Waals surface area contributed by atoms with Crippen molar-refractivity contribution < 1.29 is 24.4 Å². The first-order valence-corrected chi connectivity index (χ1v) is 7.71. The maximum absolute atomic E-state index is 12.4. The van der Waals surface area contributed by atoms with Crippen LogP contribution in [-0.4, -0.2) is 46.7 Å². The molecular weight excluding hydrogens is 330 g/mol. The summed E-state index contributed by atoms with van der Waals surface area (Å²) in [6.45, 7) is 6.75. The fourth-order valence-corrected chi connectivity index (χ4v) is 1.91. The number of aliphatic hydroxyl groups is 1. The molecule has 1 rings (SSSR count). The van der Waals surface area contributed by atoms with Crippen molar-refractivity contribution in [3.8, 4) is 0 Å². The third-order valence-corrected chi connectivity index (χ3v) is 3.01. The van der Waals surface area contributed by atoms with E-state index in [0.29, 0.717) is 0 Å². The Hall–Kier alpha value is -2.68. The number of carbonyl (C=O) groups excluding carboxylic acids is 2. The molecule has 0 unspecified atom stereocenters. The molecule has 0 radical (unpaired) electrons. The fraction of sp³-hybridized carbons (Fsp3) is 0.500. The quantitative estimate of drug-likeness (QED) is 0.384. The lowest BCUT2D eigenvalue weighted by molar-refractivity contribution is -0.384. The molecule has 9 nitrogen and oxygen atoms in total. The van der Waals surface area contributed by atoms with Gasteiger partial charge in [0.05, 0.1) is 17.1 Å². The van der Waals surface area contributed by atoms with E-state index in [9.17, 15) is 19.7 Å². The lowest BCUT2D eigenvalue weighted by Gasteiger charge is -2.23. The number of nitrogens with zero attached hydrogens (tertiary/aromatic N) is 1. The molecule has 9 heteroatoms. The number of nitro groups is 1. The van der Waals surface area contributed by atoms with Crippen LogP contribution in [0.3, 0.4) is 0 Å². The van der Waals surface area contributed by atoms with E-state index in [-0.39, 0.29) is 30.1 Å². The van der Waals surface area contributed by atoms with Crippen molar-refractivity contribution in [2.24, 2.45) is 0 Å². The summed E-state index contributed by atoms with van der Waals surface area (Å²) in [6, 6.07) is 3.65. The smallest absolute Gasteiger partial charge is 0.341 e. The maximum atomic E-state index is 12.4. The van der Waals surface area contributed by atoms with E-state index in [1.165, 1.54) is 19.1 Å². The minimum absolute atomic E-state index is 0.0851. The van der Waals surface area contributed by atoms with Gasteiger partial charge in [-0.3, -0.25) is 14.9 Å². The normalized spacial score (nSPS) is 12.2. The Morgan fingerprint density at radius 1 is 1.36 bits per heavy atom. The Bertz CT molecular complexity index is 654. The molecule has 1 aromatic carbocycles. The van der Waals surface area contributed by atoms with Gasteiger partial charge in [0.2, 0.25) is 0 Å². The van der Waals surface area contributed by atoms with Gasteiger partial charge < -0.3 is 20.5 Å². The highest BCUT2D eigenvalue weighted by molar-refractivity contribution is 5.98. The highest BCUT2D eigenvalue weighted by atomic mass is 16.6. The summed E-state index contributed by atoms with van der Waals surface area (Å²) in [5.74, 6) is -1.35. The van der Waals surface area contributed by atoms with E-state index < -0.39 is 28.4 Å². The summed E-state index contributed by atoms with van der Waals surface area (Å²) in [6.07, 6.45) is -1.07. The van der Waals surface area contributed by atoms with Crippen molar-refractivity contribution in [3.63, 3.8) is 0 Å². The molecule has 0 aliphatic heterocycles. The SMILES string of the molecule is C[C@@H](OC(=O)c1cc([N+](=O)[O-])ccc1NCCO)C(=O)NC(C)(C)C. The van der Waals surface area contributed by atoms with Gasteiger partial charge in [-0.2, -0.15) is 0 Å². The Morgan fingerprint density at radius 2 is 2.00 bits per heavy atom. The number of anilines is 1. The molecule has 0 fully saturated rings. The molecule has 0 aliphatic rings. The Kier molecular flexibility index (Phi) is 6.86. The second-order valence-corrected chi connectivity index (χ2v) is 6.42. The molecule has 0 aromatic heterocycles. The number of aliphatic hydroxyl groups excluding tert-OH is 1. The molecule has 138 valence electrons. The van der Waals surface area contributed by atoms with Gasteiger partial charge in [-0.15, -0.1) is 0 Å². The number of esters is 1. The number of hydrogen-bond donors (Lipinski definition) is 3. The summed E-state index contributed by atoms with van der Waals surface area (Å²) in [5, 5.41) is 25.3. The molecule has 0 heterocycles. The van der Waals surface area contributed by atoms with Gasteiger partial charge in [0.25, 0.3) is 11.6 Å². The third kappa shape index (κ3) is 6.38. The minimum atomic E-state index is -1.07. The molecule has 0 aliphatic carbocycles. The van der Waals surface area contributed by atoms with Crippen molar-refractivity contribution in [1.29, 1.82) is 0 Å². The topological polar surface area (TPSA) is 131 Å². The summed E-state index contributed by atoms with van der Waals surface area (Å²) >= 11 is 0. The zero-order chi connectivity index (χ0) is 19.2. The number of non-ortho nitro benzene ring substituents is 1. The Balaban J connectivity index is 2.99. The first kappa shape index (κ1) is 20.4. The lowest BCUT2D eigenvalue weighted by atomic mass is 10.1. The van der Waals surface area contributed by atoms with Gasteiger partial charge in [-0.1, -0.05) is 0 Å². The van der Waals surface area contributed by atoms with Crippen molar-refractivity contribution in [2.45, 2.75) is 39.3 Å². The Labute approximate surface area is 145 Å². The van der Waals surface area contributed by atoms with E-state index in [1.807, 2.05) is 0 Å². The molecule has 1 amide bonds. The molecule has 3 N–H and O–H groups in total. The van der Waals surface area contributed by atoms with Crippen LogP contribution in [0.5, 0.6) is 0 Å². The van der Waals surface area contributed by atoms with Gasteiger partial charge in [0.15, 0.2) is 6.10 Å². The average molecular weight is 353 g/mol. The molecule has 1 aromatic rings. The van der Waals surface area contributed by atoms with Crippen LogP contribution in [0, 0.1) is 10.1 Å². The molecular formula is C16H23N3O6. The van der Waals surface area contributed by atoms with Crippen molar-refractivity contribution in [1.82, 2.24) is 5.32 Å². The number of hydrogen-bond acceptors (Lipinski definition) is 7. The predicted molar refractivity (Wildman–Crippen MR) is 91.4 cm³/mol. The van der Waals surface area contributed by atoms with E-state index >= 15 is 0 Å².